The van der Waals surface area contributed by atoms with Crippen LogP contribution in [0, 0.1) is 0 Å². The normalized spacial score (nSPS) is 18.6. The van der Waals surface area contributed by atoms with Gasteiger partial charge in [0.05, 0.1) is 25.7 Å². The Morgan fingerprint density at radius 2 is 1.38 bits per heavy atom. The number of hydrogen-bond donors (Lipinski definition) is 0. The third-order valence-corrected chi connectivity index (χ3v) is 9.46. The first kappa shape index (κ1) is 34.4. The minimum absolute atomic E-state index is 0. The van der Waals surface area contributed by atoms with Crippen molar-refractivity contribution in [3.05, 3.63) is 95.7 Å². The second-order valence-electron chi connectivity index (χ2n) is 11.5. The van der Waals surface area contributed by atoms with Gasteiger partial charge in [-0.1, -0.05) is 68.5 Å². The summed E-state index contributed by atoms with van der Waals surface area (Å²) in [5, 5.41) is 0. The maximum Gasteiger partial charge on any atom is 1.00 e. The van der Waals surface area contributed by atoms with E-state index in [1.165, 1.54) is 0 Å². The third-order valence-electron chi connectivity index (χ3n) is 7.88. The molecular weight excluding hydrogens is 583 g/mol. The molecule has 0 fully saturated rings. The van der Waals surface area contributed by atoms with Crippen LogP contribution in [-0.2, 0) is 31.1 Å². The first-order chi connectivity index (χ1) is 19.1. The second kappa shape index (κ2) is 13.3. The average Bonchev–Trinajstić information content (AvgIpc) is 3.22. The predicted octanol–water partition coefficient (Wildman–Crippen LogP) is 1.73. The van der Waals surface area contributed by atoms with Gasteiger partial charge >= 0.3 is 29.6 Å². The molecule has 0 unspecified atom stereocenters. The molecule has 0 saturated carbocycles. The van der Waals surface area contributed by atoms with Crippen LogP contribution in [0.4, 0.5) is 11.4 Å². The molecule has 2 heterocycles. The summed E-state index contributed by atoms with van der Waals surface area (Å²) in [6, 6.07) is 16.0. The van der Waals surface area contributed by atoms with E-state index in [0.717, 1.165) is 33.9 Å². The summed E-state index contributed by atoms with van der Waals surface area (Å²) in [6.07, 6.45) is 10.3. The van der Waals surface area contributed by atoms with E-state index in [1.807, 2.05) is 66.8 Å². The van der Waals surface area contributed by atoms with Crippen molar-refractivity contribution in [2.75, 3.05) is 29.5 Å². The summed E-state index contributed by atoms with van der Waals surface area (Å²) >= 11 is 0. The van der Waals surface area contributed by atoms with Crippen molar-refractivity contribution in [3.8, 4) is 0 Å². The summed E-state index contributed by atoms with van der Waals surface area (Å²) in [4.78, 5) is 2.09. The Bertz CT molecular complexity index is 1660. The van der Waals surface area contributed by atoms with Crippen LogP contribution in [0.3, 0.4) is 0 Å². The van der Waals surface area contributed by atoms with Crippen molar-refractivity contribution in [1.29, 1.82) is 0 Å². The SMILES string of the molecule is CC1(C)C(/C=C/C=C/C=C2/N(CCCS(=O)(=O)[O-])c3ccccc3C2(C)C)=[N+](CCCS(=O)(=O)[O-])c2ccccc21.[Na+]. The van der Waals surface area contributed by atoms with Gasteiger partial charge in [-0.15, -0.1) is 0 Å². The zero-order valence-corrected chi connectivity index (χ0v) is 28.5. The van der Waals surface area contributed by atoms with Gasteiger partial charge < -0.3 is 14.0 Å². The van der Waals surface area contributed by atoms with E-state index in [-0.39, 0.29) is 53.2 Å². The van der Waals surface area contributed by atoms with Gasteiger partial charge in [0.15, 0.2) is 5.71 Å². The minimum atomic E-state index is -4.29. The fraction of sp³-hybridized carbons (Fsp3) is 0.387. The molecular formula is C31H37N2NaO6S2. The summed E-state index contributed by atoms with van der Waals surface area (Å²) in [5.41, 5.74) is 5.67. The van der Waals surface area contributed by atoms with Gasteiger partial charge in [-0.25, -0.2) is 16.8 Å². The zero-order chi connectivity index (χ0) is 30.1. The quantitative estimate of drug-likeness (QED) is 0.162. The number of hydrogen-bond acceptors (Lipinski definition) is 7. The van der Waals surface area contributed by atoms with Crippen LogP contribution in [0.1, 0.15) is 51.7 Å². The van der Waals surface area contributed by atoms with Gasteiger partial charge in [-0.2, -0.15) is 4.58 Å². The van der Waals surface area contributed by atoms with E-state index in [1.54, 1.807) is 0 Å². The molecule has 8 nitrogen and oxygen atoms in total. The fourth-order valence-corrected chi connectivity index (χ4v) is 6.89. The van der Waals surface area contributed by atoms with Gasteiger partial charge in [0, 0.05) is 59.0 Å². The monoisotopic (exact) mass is 620 g/mol. The topological polar surface area (TPSA) is 121 Å². The Labute approximate surface area is 272 Å². The van der Waals surface area contributed by atoms with Gasteiger partial charge in [0.25, 0.3) is 0 Å². The number of anilines is 1. The van der Waals surface area contributed by atoms with Crippen molar-refractivity contribution < 1.29 is 60.1 Å². The van der Waals surface area contributed by atoms with E-state index >= 15 is 0 Å². The van der Waals surface area contributed by atoms with Crippen molar-refractivity contribution in [1.82, 2.24) is 0 Å². The van der Waals surface area contributed by atoms with Crippen molar-refractivity contribution in [2.45, 2.75) is 51.4 Å². The molecule has 4 rings (SSSR count). The van der Waals surface area contributed by atoms with Crippen LogP contribution in [0.5, 0.6) is 0 Å². The third kappa shape index (κ3) is 7.72. The molecule has 0 atom stereocenters. The molecule has 0 saturated heterocycles. The number of para-hydroxylation sites is 2. The number of fused-ring (bicyclic) bond motifs is 2. The maximum atomic E-state index is 11.2. The minimum Gasteiger partial charge on any atom is -0.748 e. The summed E-state index contributed by atoms with van der Waals surface area (Å²) < 4.78 is 69.3. The zero-order valence-electron chi connectivity index (χ0n) is 24.9. The molecule has 0 N–H and O–H groups in total. The van der Waals surface area contributed by atoms with Gasteiger partial charge in [0.2, 0.25) is 5.69 Å². The molecule has 2 aliphatic heterocycles. The van der Waals surface area contributed by atoms with E-state index in [4.69, 9.17) is 0 Å². The number of allylic oxidation sites excluding steroid dienone is 6. The molecule has 2 aromatic rings. The molecule has 0 amide bonds. The van der Waals surface area contributed by atoms with E-state index in [2.05, 4.69) is 49.3 Å². The molecule has 2 aliphatic rings. The largest absolute Gasteiger partial charge is 1.00 e. The standard InChI is InChI=1S/C31H38N2O6S2.Na/c1-30(2)24-14-8-10-16-26(24)32(20-12-22-40(34,35)36)28(30)18-6-5-7-19-29-31(3,4)25-15-9-11-17-27(25)33(29)21-13-23-41(37,38)39;/h5-11,14-19H,12-13,20-23H2,1-4H3,(H-,34,35,36,37,38,39);/q;+1/p-1. The number of benzene rings is 2. The fourth-order valence-electron chi connectivity index (χ4n) is 5.92. The Morgan fingerprint density at radius 3 is 2.05 bits per heavy atom. The first-order valence-electron chi connectivity index (χ1n) is 13.7. The maximum absolute atomic E-state index is 11.2. The second-order valence-corrected chi connectivity index (χ2v) is 14.5. The Morgan fingerprint density at radius 1 is 0.786 bits per heavy atom. The Hall–Kier alpha value is -2.05. The molecule has 0 aliphatic carbocycles. The predicted molar refractivity (Wildman–Crippen MR) is 161 cm³/mol. The summed E-state index contributed by atoms with van der Waals surface area (Å²) in [5.74, 6) is -0.821. The van der Waals surface area contributed by atoms with E-state index in [9.17, 15) is 25.9 Å². The first-order valence-corrected chi connectivity index (χ1v) is 16.8. The summed E-state index contributed by atoms with van der Waals surface area (Å²) in [7, 11) is -8.58. The van der Waals surface area contributed by atoms with Crippen LogP contribution in [0.15, 0.2) is 84.6 Å². The number of rotatable bonds is 11. The molecule has 2 aromatic carbocycles. The molecule has 11 heteroatoms. The Kier molecular flexibility index (Phi) is 10.9. The van der Waals surface area contributed by atoms with E-state index < -0.39 is 31.7 Å². The molecule has 0 aromatic heterocycles. The molecule has 0 radical (unpaired) electrons. The van der Waals surface area contributed by atoms with Crippen molar-refractivity contribution in [3.63, 3.8) is 0 Å². The van der Waals surface area contributed by atoms with Gasteiger partial charge in [-0.3, -0.25) is 0 Å². The van der Waals surface area contributed by atoms with Crippen LogP contribution >= 0.6 is 0 Å². The smallest absolute Gasteiger partial charge is 0.748 e. The summed E-state index contributed by atoms with van der Waals surface area (Å²) in [6.45, 7) is 9.32. The van der Waals surface area contributed by atoms with Crippen molar-refractivity contribution >= 4 is 37.3 Å². The van der Waals surface area contributed by atoms with E-state index in [0.29, 0.717) is 13.1 Å². The molecule has 220 valence electrons. The van der Waals surface area contributed by atoms with Crippen molar-refractivity contribution in [2.24, 2.45) is 0 Å². The van der Waals surface area contributed by atoms with Crippen LogP contribution in [0.2, 0.25) is 0 Å². The molecule has 42 heavy (non-hydrogen) atoms. The van der Waals surface area contributed by atoms with Gasteiger partial charge in [0.1, 0.15) is 6.54 Å². The molecule has 0 bridgehead atoms. The average molecular weight is 621 g/mol. The molecule has 0 spiro atoms. The number of nitrogens with zero attached hydrogens (tertiary/aromatic N) is 2. The van der Waals surface area contributed by atoms with Crippen LogP contribution < -0.4 is 34.5 Å². The van der Waals surface area contributed by atoms with Gasteiger partial charge in [-0.05, 0) is 38.0 Å². The Balaban J connectivity index is 0.00000484. The van der Waals surface area contributed by atoms with Crippen LogP contribution in [0.25, 0.3) is 0 Å². The van der Waals surface area contributed by atoms with Crippen LogP contribution in [-0.4, -0.2) is 60.8 Å².